The second kappa shape index (κ2) is 7.34. The van der Waals surface area contributed by atoms with Crippen LogP contribution in [0.5, 0.6) is 0 Å². The molecule has 0 spiro atoms. The Bertz CT molecular complexity index is 1200. The molecule has 5 rings (SSSR count). The Balaban J connectivity index is 1.45. The largest absolute Gasteiger partial charge is 0.297 e. The van der Waals surface area contributed by atoms with Crippen LogP contribution in [0, 0.1) is 0 Å². The van der Waals surface area contributed by atoms with E-state index in [0.29, 0.717) is 6.54 Å². The molecule has 1 unspecified atom stereocenters. The molecule has 0 radical (unpaired) electrons. The summed E-state index contributed by atoms with van der Waals surface area (Å²) in [6.45, 7) is 2.60. The van der Waals surface area contributed by atoms with E-state index in [-0.39, 0.29) is 11.6 Å². The summed E-state index contributed by atoms with van der Waals surface area (Å²) in [4.78, 5) is 21.5. The minimum atomic E-state index is 0.0493. The average Bonchev–Trinajstić information content (AvgIpc) is 3.44. The van der Waals surface area contributed by atoms with Crippen molar-refractivity contribution in [3.05, 3.63) is 46.3 Å². The number of pyridine rings is 1. The Labute approximate surface area is 173 Å². The van der Waals surface area contributed by atoms with Gasteiger partial charge in [-0.05, 0) is 30.5 Å². The highest BCUT2D eigenvalue weighted by Crippen LogP contribution is 2.38. The highest BCUT2D eigenvalue weighted by atomic mass is 32.2. The molecular weight excluding hydrogens is 412 g/mol. The number of thiophene rings is 1. The molecule has 0 saturated heterocycles. The molecule has 1 aliphatic heterocycles. The lowest BCUT2D eigenvalue weighted by Crippen LogP contribution is -2.22. The Kier molecular flexibility index (Phi) is 4.69. The number of rotatable bonds is 5. The molecule has 4 aromatic heterocycles. The molecule has 142 valence electrons. The summed E-state index contributed by atoms with van der Waals surface area (Å²) >= 11 is 4.80. The summed E-state index contributed by atoms with van der Waals surface area (Å²) in [6.07, 6.45) is 3.53. The lowest BCUT2D eigenvalue weighted by atomic mass is 10.2. The Morgan fingerprint density at radius 3 is 2.93 bits per heavy atom. The van der Waals surface area contributed by atoms with Crippen molar-refractivity contribution >= 4 is 45.1 Å². The Morgan fingerprint density at radius 2 is 2.11 bits per heavy atom. The molecule has 5 heterocycles. The highest BCUT2D eigenvalue weighted by molar-refractivity contribution is 8.00. The van der Waals surface area contributed by atoms with Crippen molar-refractivity contribution in [2.75, 3.05) is 11.5 Å². The third-order valence-electron chi connectivity index (χ3n) is 4.62. The molecule has 7 nitrogen and oxygen atoms in total. The highest BCUT2D eigenvalue weighted by Gasteiger charge is 2.29. The number of hydrogen-bond donors (Lipinski definition) is 0. The minimum Gasteiger partial charge on any atom is -0.297 e. The van der Waals surface area contributed by atoms with Crippen molar-refractivity contribution in [2.45, 2.75) is 29.8 Å². The van der Waals surface area contributed by atoms with Gasteiger partial charge in [-0.25, -0.2) is 4.98 Å². The number of fused-ring (bicyclic) bond motifs is 2. The Morgan fingerprint density at radius 1 is 1.25 bits per heavy atom. The predicted molar refractivity (Wildman–Crippen MR) is 113 cm³/mol. The van der Waals surface area contributed by atoms with E-state index in [4.69, 9.17) is 4.98 Å². The summed E-state index contributed by atoms with van der Waals surface area (Å²) in [5, 5.41) is 12.3. The summed E-state index contributed by atoms with van der Waals surface area (Å²) < 4.78 is 4.69. The summed E-state index contributed by atoms with van der Waals surface area (Å²) in [6, 6.07) is 6.05. The fraction of sp³-hybridized carbons (Fsp3) is 0.278. The van der Waals surface area contributed by atoms with E-state index in [1.165, 1.54) is 11.3 Å². The van der Waals surface area contributed by atoms with Gasteiger partial charge in [-0.1, -0.05) is 23.5 Å². The zero-order valence-electron chi connectivity index (χ0n) is 15.0. The summed E-state index contributed by atoms with van der Waals surface area (Å²) in [5.74, 6) is 2.60. The van der Waals surface area contributed by atoms with Crippen LogP contribution in [-0.4, -0.2) is 40.8 Å². The first-order valence-electron chi connectivity index (χ1n) is 8.85. The quantitative estimate of drug-likeness (QED) is 0.355. The van der Waals surface area contributed by atoms with Crippen LogP contribution < -0.4 is 5.56 Å². The molecule has 0 bridgehead atoms. The molecule has 0 fully saturated rings. The predicted octanol–water partition coefficient (Wildman–Crippen LogP) is 3.57. The van der Waals surface area contributed by atoms with Gasteiger partial charge >= 0.3 is 0 Å². The van der Waals surface area contributed by atoms with E-state index in [1.807, 2.05) is 30.5 Å². The van der Waals surface area contributed by atoms with Crippen LogP contribution in [0.25, 0.3) is 21.6 Å². The zero-order valence-corrected chi connectivity index (χ0v) is 17.4. The van der Waals surface area contributed by atoms with Gasteiger partial charge in [0.1, 0.15) is 4.70 Å². The molecule has 0 saturated carbocycles. The maximum Gasteiger partial charge on any atom is 0.272 e. The van der Waals surface area contributed by atoms with E-state index in [2.05, 4.69) is 19.7 Å². The maximum absolute atomic E-state index is 12.7. The lowest BCUT2D eigenvalue weighted by Gasteiger charge is -2.15. The second-order valence-electron chi connectivity index (χ2n) is 6.27. The Hall–Kier alpha value is -2.17. The van der Waals surface area contributed by atoms with Gasteiger partial charge in [-0.2, -0.15) is 0 Å². The van der Waals surface area contributed by atoms with Gasteiger partial charge in [0.2, 0.25) is 0 Å². The molecule has 1 atom stereocenters. The van der Waals surface area contributed by atoms with Crippen molar-refractivity contribution in [1.82, 2.24) is 29.3 Å². The van der Waals surface area contributed by atoms with Gasteiger partial charge in [0.05, 0.1) is 11.6 Å². The first-order chi connectivity index (χ1) is 13.8. The van der Waals surface area contributed by atoms with Gasteiger partial charge in [0.15, 0.2) is 16.1 Å². The van der Waals surface area contributed by atoms with Crippen LogP contribution in [0.1, 0.15) is 13.0 Å². The van der Waals surface area contributed by atoms with Crippen LogP contribution >= 0.6 is 34.9 Å². The van der Waals surface area contributed by atoms with Crippen molar-refractivity contribution in [2.24, 2.45) is 0 Å². The van der Waals surface area contributed by atoms with Crippen LogP contribution in [0.2, 0.25) is 0 Å². The number of aromatic nitrogens is 6. The van der Waals surface area contributed by atoms with Crippen LogP contribution in [0.15, 0.2) is 51.1 Å². The zero-order chi connectivity index (χ0) is 19.1. The average molecular weight is 429 g/mol. The maximum atomic E-state index is 12.7. The van der Waals surface area contributed by atoms with Crippen LogP contribution in [-0.2, 0) is 6.54 Å². The molecule has 0 N–H and O–H groups in total. The third kappa shape index (κ3) is 2.96. The molecule has 4 aromatic rings. The number of hydrogen-bond acceptors (Lipinski definition) is 8. The monoisotopic (exact) mass is 428 g/mol. The smallest absolute Gasteiger partial charge is 0.272 e. The summed E-state index contributed by atoms with van der Waals surface area (Å²) in [5.41, 5.74) is 1.84. The molecule has 0 aromatic carbocycles. The molecular formula is C18H16N6OS3. The van der Waals surface area contributed by atoms with Gasteiger partial charge in [-0.15, -0.1) is 21.5 Å². The van der Waals surface area contributed by atoms with Crippen molar-refractivity contribution in [3.63, 3.8) is 0 Å². The van der Waals surface area contributed by atoms with Crippen LogP contribution in [0.4, 0.5) is 0 Å². The normalized spacial score (nSPS) is 16.0. The van der Waals surface area contributed by atoms with Crippen LogP contribution in [0.3, 0.4) is 0 Å². The van der Waals surface area contributed by atoms with Gasteiger partial charge in [-0.3, -0.25) is 18.9 Å². The molecule has 1 aliphatic rings. The van der Waals surface area contributed by atoms with E-state index >= 15 is 0 Å². The topological polar surface area (TPSA) is 78.5 Å². The first-order valence-corrected chi connectivity index (χ1v) is 11.7. The van der Waals surface area contributed by atoms with Crippen molar-refractivity contribution in [1.29, 1.82) is 0 Å². The van der Waals surface area contributed by atoms with E-state index < -0.39 is 0 Å². The molecule has 0 aliphatic carbocycles. The van der Waals surface area contributed by atoms with Gasteiger partial charge in [0.25, 0.3) is 5.56 Å². The van der Waals surface area contributed by atoms with E-state index in [1.54, 1.807) is 40.5 Å². The molecule has 0 amide bonds. The molecule has 28 heavy (non-hydrogen) atoms. The van der Waals surface area contributed by atoms with Gasteiger partial charge < -0.3 is 0 Å². The SMILES string of the molecule is CCn1c(SCC2CSc3nnc(-c4ccncc4)n32)nc2ccsc2c1=O. The minimum absolute atomic E-state index is 0.0493. The first kappa shape index (κ1) is 17.9. The van der Waals surface area contributed by atoms with E-state index in [9.17, 15) is 4.79 Å². The third-order valence-corrected chi connectivity index (χ3v) is 7.73. The van der Waals surface area contributed by atoms with Gasteiger partial charge in [0, 0.05) is 36.0 Å². The van der Waals surface area contributed by atoms with E-state index in [0.717, 1.165) is 43.4 Å². The summed E-state index contributed by atoms with van der Waals surface area (Å²) in [7, 11) is 0. The number of thioether (sulfide) groups is 2. The fourth-order valence-corrected chi connectivity index (χ4v) is 6.40. The fourth-order valence-electron chi connectivity index (χ4n) is 3.25. The molecule has 10 heteroatoms. The van der Waals surface area contributed by atoms with Crippen molar-refractivity contribution in [3.8, 4) is 11.4 Å². The second-order valence-corrected chi connectivity index (χ2v) is 9.16. The standard InChI is InChI=1S/C18H16N6OS3/c1-2-23-16(25)14-13(5-8-26-14)20-17(23)27-9-12-10-28-18-22-21-15(24(12)18)11-3-6-19-7-4-11/h3-8,12H,2,9-10H2,1H3. The lowest BCUT2D eigenvalue weighted by molar-refractivity contribution is 0.592. The van der Waals surface area contributed by atoms with Crippen molar-refractivity contribution < 1.29 is 0 Å². The number of nitrogens with zero attached hydrogens (tertiary/aromatic N) is 6.